The number of benzene rings is 2. The first-order chi connectivity index (χ1) is 13.1. The van der Waals surface area contributed by atoms with Gasteiger partial charge in [-0.3, -0.25) is 0 Å². The molecule has 4 nitrogen and oxygen atoms in total. The SMILES string of the molecule is NC(c1ccc(-c2cnc(NC3Cc4ccccc4C3)nc2)cc1)C(F)F. The molecule has 1 aliphatic carbocycles. The molecule has 1 heterocycles. The topological polar surface area (TPSA) is 63.8 Å². The van der Waals surface area contributed by atoms with E-state index in [9.17, 15) is 8.78 Å². The molecule has 0 radical (unpaired) electrons. The maximum Gasteiger partial charge on any atom is 0.257 e. The zero-order valence-corrected chi connectivity index (χ0v) is 14.6. The Bertz CT molecular complexity index is 885. The Kier molecular flexibility index (Phi) is 4.81. The molecule has 4 rings (SSSR count). The van der Waals surface area contributed by atoms with Crippen LogP contribution in [0.3, 0.4) is 0 Å². The van der Waals surface area contributed by atoms with Crippen molar-refractivity contribution in [1.82, 2.24) is 9.97 Å². The lowest BCUT2D eigenvalue weighted by atomic mass is 10.0. The molecule has 1 atom stereocenters. The third-order valence-corrected chi connectivity index (χ3v) is 4.94. The standard InChI is InChI=1S/C21H20F2N4/c22-20(23)19(24)14-7-5-13(6-8-14)17-11-25-21(26-12-17)27-18-9-15-3-1-2-4-16(15)10-18/h1-8,11-12,18-20H,9-10,24H2,(H,25,26,27). The molecule has 0 aliphatic heterocycles. The number of halogens is 2. The van der Waals surface area contributed by atoms with Gasteiger partial charge in [-0.25, -0.2) is 18.7 Å². The van der Waals surface area contributed by atoms with Gasteiger partial charge >= 0.3 is 0 Å². The first-order valence-corrected chi connectivity index (χ1v) is 8.89. The monoisotopic (exact) mass is 366 g/mol. The second kappa shape index (κ2) is 7.40. The number of alkyl halides is 2. The highest BCUT2D eigenvalue weighted by atomic mass is 19.3. The Morgan fingerprint density at radius 2 is 1.48 bits per heavy atom. The normalized spacial score (nSPS) is 15.0. The molecule has 27 heavy (non-hydrogen) atoms. The Hall–Kier alpha value is -2.86. The van der Waals surface area contributed by atoms with Crippen molar-refractivity contribution in [3.63, 3.8) is 0 Å². The van der Waals surface area contributed by atoms with Crippen LogP contribution in [-0.4, -0.2) is 22.4 Å². The fraction of sp³-hybridized carbons (Fsp3) is 0.238. The first kappa shape index (κ1) is 17.5. The molecule has 3 N–H and O–H groups in total. The van der Waals surface area contributed by atoms with Crippen molar-refractivity contribution in [1.29, 1.82) is 0 Å². The lowest BCUT2D eigenvalue weighted by molar-refractivity contribution is 0.116. The van der Waals surface area contributed by atoms with Crippen LogP contribution in [0.15, 0.2) is 60.9 Å². The van der Waals surface area contributed by atoms with Gasteiger partial charge in [-0.15, -0.1) is 0 Å². The Morgan fingerprint density at radius 1 is 0.889 bits per heavy atom. The molecule has 3 aromatic rings. The van der Waals surface area contributed by atoms with E-state index in [1.807, 2.05) is 0 Å². The van der Waals surface area contributed by atoms with E-state index in [1.165, 1.54) is 11.1 Å². The summed E-state index contributed by atoms with van der Waals surface area (Å²) in [5, 5.41) is 3.38. The van der Waals surface area contributed by atoms with E-state index in [0.717, 1.165) is 24.0 Å². The summed E-state index contributed by atoms with van der Waals surface area (Å²) in [5.74, 6) is 0.591. The molecule has 1 aromatic heterocycles. The fourth-order valence-electron chi connectivity index (χ4n) is 3.44. The van der Waals surface area contributed by atoms with Gasteiger partial charge in [0.2, 0.25) is 5.95 Å². The summed E-state index contributed by atoms with van der Waals surface area (Å²) < 4.78 is 25.4. The van der Waals surface area contributed by atoms with E-state index in [2.05, 4.69) is 39.6 Å². The van der Waals surface area contributed by atoms with Gasteiger partial charge in [0.15, 0.2) is 0 Å². The molecule has 0 spiro atoms. The van der Waals surface area contributed by atoms with E-state index >= 15 is 0 Å². The molecule has 0 bridgehead atoms. The predicted molar refractivity (Wildman–Crippen MR) is 102 cm³/mol. The van der Waals surface area contributed by atoms with Crippen molar-refractivity contribution in [2.45, 2.75) is 31.4 Å². The number of nitrogens with two attached hydrogens (primary N) is 1. The highest BCUT2D eigenvalue weighted by Crippen LogP contribution is 2.25. The van der Waals surface area contributed by atoms with Gasteiger partial charge < -0.3 is 11.1 Å². The lowest BCUT2D eigenvalue weighted by Crippen LogP contribution is -2.20. The number of rotatable bonds is 5. The minimum atomic E-state index is -2.58. The molecule has 6 heteroatoms. The van der Waals surface area contributed by atoms with Gasteiger partial charge in [-0.05, 0) is 35.1 Å². The highest BCUT2D eigenvalue weighted by Gasteiger charge is 2.21. The molecular weight excluding hydrogens is 346 g/mol. The van der Waals surface area contributed by atoms with Crippen LogP contribution in [0.2, 0.25) is 0 Å². The van der Waals surface area contributed by atoms with Gasteiger partial charge in [0.25, 0.3) is 6.43 Å². The van der Waals surface area contributed by atoms with Crippen molar-refractivity contribution < 1.29 is 8.78 Å². The van der Waals surface area contributed by atoms with Crippen LogP contribution in [0.1, 0.15) is 22.7 Å². The zero-order chi connectivity index (χ0) is 18.8. The maximum atomic E-state index is 12.7. The van der Waals surface area contributed by atoms with Crippen molar-refractivity contribution in [3.8, 4) is 11.1 Å². The molecule has 0 amide bonds. The Morgan fingerprint density at radius 3 is 2.04 bits per heavy atom. The van der Waals surface area contributed by atoms with Gasteiger partial charge in [-0.2, -0.15) is 0 Å². The summed E-state index contributed by atoms with van der Waals surface area (Å²) in [6.07, 6.45) is 2.82. The van der Waals surface area contributed by atoms with Gasteiger partial charge in [-0.1, -0.05) is 48.5 Å². The number of anilines is 1. The summed E-state index contributed by atoms with van der Waals surface area (Å²) in [4.78, 5) is 8.80. The first-order valence-electron chi connectivity index (χ1n) is 8.89. The Balaban J connectivity index is 1.42. The van der Waals surface area contributed by atoms with Crippen LogP contribution >= 0.6 is 0 Å². The number of nitrogens with one attached hydrogen (secondary N) is 1. The van der Waals surface area contributed by atoms with Crippen molar-refractivity contribution in [2.24, 2.45) is 5.73 Å². The van der Waals surface area contributed by atoms with Crippen LogP contribution < -0.4 is 11.1 Å². The molecule has 0 saturated heterocycles. The average molecular weight is 366 g/mol. The van der Waals surface area contributed by atoms with Crippen LogP contribution in [0.4, 0.5) is 14.7 Å². The summed E-state index contributed by atoms with van der Waals surface area (Å²) >= 11 is 0. The van der Waals surface area contributed by atoms with Crippen LogP contribution in [0, 0.1) is 0 Å². The van der Waals surface area contributed by atoms with E-state index in [1.54, 1.807) is 36.7 Å². The third kappa shape index (κ3) is 3.80. The minimum absolute atomic E-state index is 0.295. The predicted octanol–water partition coefficient (Wildman–Crippen LogP) is 3.99. The second-order valence-electron chi connectivity index (χ2n) is 6.80. The molecular formula is C21H20F2N4. The van der Waals surface area contributed by atoms with Gasteiger partial charge in [0, 0.05) is 24.0 Å². The summed E-state index contributed by atoms with van der Waals surface area (Å²) in [7, 11) is 0. The molecule has 0 fully saturated rings. The van der Waals surface area contributed by atoms with Gasteiger partial charge in [0.05, 0.1) is 6.04 Å². The quantitative estimate of drug-likeness (QED) is 0.717. The maximum absolute atomic E-state index is 12.7. The van der Waals surface area contributed by atoms with Crippen LogP contribution in [0.5, 0.6) is 0 Å². The lowest BCUT2D eigenvalue weighted by Gasteiger charge is -2.13. The molecule has 0 saturated carbocycles. The number of hydrogen-bond acceptors (Lipinski definition) is 4. The Labute approximate surface area is 156 Å². The number of nitrogens with zero attached hydrogens (tertiary/aromatic N) is 2. The van der Waals surface area contributed by atoms with Crippen LogP contribution in [0.25, 0.3) is 11.1 Å². The van der Waals surface area contributed by atoms with E-state index in [4.69, 9.17) is 5.73 Å². The summed E-state index contributed by atoms with van der Waals surface area (Å²) in [6, 6.07) is 14.2. The van der Waals surface area contributed by atoms with Crippen molar-refractivity contribution in [2.75, 3.05) is 5.32 Å². The third-order valence-electron chi connectivity index (χ3n) is 4.94. The van der Waals surface area contributed by atoms with E-state index in [0.29, 0.717) is 17.6 Å². The molecule has 1 aliphatic rings. The van der Waals surface area contributed by atoms with Crippen molar-refractivity contribution >= 4 is 5.95 Å². The van der Waals surface area contributed by atoms with Crippen LogP contribution in [-0.2, 0) is 12.8 Å². The van der Waals surface area contributed by atoms with Gasteiger partial charge in [0.1, 0.15) is 0 Å². The summed E-state index contributed by atoms with van der Waals surface area (Å²) in [5.41, 5.74) is 10.3. The molecule has 2 aromatic carbocycles. The van der Waals surface area contributed by atoms with E-state index in [-0.39, 0.29) is 0 Å². The number of hydrogen-bond donors (Lipinski definition) is 2. The minimum Gasteiger partial charge on any atom is -0.351 e. The molecule has 1 unspecified atom stereocenters. The summed E-state index contributed by atoms with van der Waals surface area (Å²) in [6.45, 7) is 0. The fourth-order valence-corrected chi connectivity index (χ4v) is 3.44. The molecule has 138 valence electrons. The van der Waals surface area contributed by atoms with E-state index < -0.39 is 12.5 Å². The van der Waals surface area contributed by atoms with Crippen molar-refractivity contribution in [3.05, 3.63) is 77.6 Å². The smallest absolute Gasteiger partial charge is 0.257 e. The second-order valence-corrected chi connectivity index (χ2v) is 6.80. The largest absolute Gasteiger partial charge is 0.351 e. The average Bonchev–Trinajstić information content (AvgIpc) is 3.10. The zero-order valence-electron chi connectivity index (χ0n) is 14.6. The highest BCUT2D eigenvalue weighted by molar-refractivity contribution is 5.62. The number of aromatic nitrogens is 2. The number of fused-ring (bicyclic) bond motifs is 1.